The predicted molar refractivity (Wildman–Crippen MR) is 79.9 cm³/mol. The van der Waals surface area contributed by atoms with Gasteiger partial charge in [-0.2, -0.15) is 0 Å². The van der Waals surface area contributed by atoms with Gasteiger partial charge in [0, 0.05) is 15.7 Å². The number of phenols is 1. The Morgan fingerprint density at radius 2 is 2.00 bits per heavy atom. The summed E-state index contributed by atoms with van der Waals surface area (Å²) in [6.45, 7) is 1.95. The smallest absolute Gasteiger partial charge is 0.255 e. The summed E-state index contributed by atoms with van der Waals surface area (Å²) in [5, 5.41) is 12.2. The summed E-state index contributed by atoms with van der Waals surface area (Å²) in [6, 6.07) is 9.89. The topological polar surface area (TPSA) is 49.3 Å². The molecule has 2 N–H and O–H groups in total. The Kier molecular flexibility index (Phi) is 4.12. The van der Waals surface area contributed by atoms with E-state index in [9.17, 15) is 9.90 Å². The van der Waals surface area contributed by atoms with Crippen LogP contribution in [0.25, 0.3) is 0 Å². The van der Waals surface area contributed by atoms with Gasteiger partial charge in [0.25, 0.3) is 5.91 Å². The van der Waals surface area contributed by atoms with Crippen LogP contribution in [0.2, 0.25) is 5.02 Å². The molecular weight excluding hydrogens is 330 g/mol. The van der Waals surface area contributed by atoms with Crippen molar-refractivity contribution in [3.8, 4) is 5.75 Å². The number of aryl methyl sites for hydroxylation is 1. The monoisotopic (exact) mass is 339 g/mol. The molecule has 0 aliphatic carbocycles. The van der Waals surface area contributed by atoms with Crippen molar-refractivity contribution in [3.05, 3.63) is 57.0 Å². The van der Waals surface area contributed by atoms with Crippen LogP contribution in [0.5, 0.6) is 5.75 Å². The summed E-state index contributed by atoms with van der Waals surface area (Å²) in [4.78, 5) is 12.0. The second-order valence-electron chi connectivity index (χ2n) is 4.08. The van der Waals surface area contributed by atoms with Crippen LogP contribution in [0.3, 0.4) is 0 Å². The molecule has 0 saturated carbocycles. The number of halogens is 2. The molecule has 0 radical (unpaired) electrons. The minimum Gasteiger partial charge on any atom is -0.506 e. The third-order valence-corrected chi connectivity index (χ3v) is 3.80. The van der Waals surface area contributed by atoms with Crippen LogP contribution in [0.4, 0.5) is 5.69 Å². The van der Waals surface area contributed by atoms with Crippen molar-refractivity contribution in [1.29, 1.82) is 0 Å². The minimum absolute atomic E-state index is 0.0160. The van der Waals surface area contributed by atoms with E-state index in [1.165, 1.54) is 12.1 Å². The average Bonchev–Trinajstić information content (AvgIpc) is 2.37. The fourth-order valence-electron chi connectivity index (χ4n) is 1.52. The average molecular weight is 341 g/mol. The Bertz CT molecular complexity index is 643. The molecule has 1 amide bonds. The molecule has 0 unspecified atom stereocenters. The first-order valence-electron chi connectivity index (χ1n) is 5.53. The van der Waals surface area contributed by atoms with Crippen molar-refractivity contribution < 1.29 is 9.90 Å². The highest BCUT2D eigenvalue weighted by Crippen LogP contribution is 2.26. The zero-order chi connectivity index (χ0) is 14.0. The molecule has 0 fully saturated rings. The maximum absolute atomic E-state index is 12.0. The molecule has 19 heavy (non-hydrogen) atoms. The van der Waals surface area contributed by atoms with Gasteiger partial charge in [-0.15, -0.1) is 0 Å². The van der Waals surface area contributed by atoms with Crippen LogP contribution in [0, 0.1) is 6.92 Å². The highest BCUT2D eigenvalue weighted by atomic mass is 79.9. The molecule has 0 heterocycles. The quantitative estimate of drug-likeness (QED) is 0.798. The molecule has 3 nitrogen and oxygen atoms in total. The van der Waals surface area contributed by atoms with E-state index in [2.05, 4.69) is 21.2 Å². The van der Waals surface area contributed by atoms with Crippen molar-refractivity contribution in [2.45, 2.75) is 6.92 Å². The van der Waals surface area contributed by atoms with Gasteiger partial charge < -0.3 is 10.4 Å². The Hall–Kier alpha value is -1.52. The lowest BCUT2D eigenvalue weighted by Crippen LogP contribution is -2.11. The van der Waals surface area contributed by atoms with E-state index in [0.717, 1.165) is 10.0 Å². The van der Waals surface area contributed by atoms with Crippen molar-refractivity contribution >= 4 is 39.1 Å². The number of rotatable bonds is 2. The van der Waals surface area contributed by atoms with Gasteiger partial charge in [0.1, 0.15) is 5.75 Å². The highest BCUT2D eigenvalue weighted by Gasteiger charge is 2.08. The number of phenolic OH excluding ortho intramolecular Hbond substituents is 1. The number of hydrogen-bond acceptors (Lipinski definition) is 2. The SMILES string of the molecule is Cc1ccc(C(=O)Nc2ccc(O)c(Cl)c2)cc1Br. The Balaban J connectivity index is 2.20. The van der Waals surface area contributed by atoms with Crippen LogP contribution in [0.15, 0.2) is 40.9 Å². The van der Waals surface area contributed by atoms with Gasteiger partial charge in [-0.25, -0.2) is 0 Å². The van der Waals surface area contributed by atoms with E-state index in [1.807, 2.05) is 13.0 Å². The third kappa shape index (κ3) is 3.28. The number of benzene rings is 2. The fourth-order valence-corrected chi connectivity index (χ4v) is 2.08. The van der Waals surface area contributed by atoms with E-state index in [4.69, 9.17) is 11.6 Å². The molecule has 2 aromatic rings. The van der Waals surface area contributed by atoms with E-state index in [1.54, 1.807) is 18.2 Å². The van der Waals surface area contributed by atoms with Crippen molar-refractivity contribution in [1.82, 2.24) is 0 Å². The molecule has 2 rings (SSSR count). The molecule has 0 saturated heterocycles. The lowest BCUT2D eigenvalue weighted by Gasteiger charge is -2.07. The number of amides is 1. The molecule has 0 aliphatic rings. The van der Waals surface area contributed by atoms with Gasteiger partial charge in [0.15, 0.2) is 0 Å². The summed E-state index contributed by atoms with van der Waals surface area (Å²) < 4.78 is 0.879. The summed E-state index contributed by atoms with van der Waals surface area (Å²) in [5.41, 5.74) is 2.13. The molecule has 5 heteroatoms. The van der Waals surface area contributed by atoms with Gasteiger partial charge >= 0.3 is 0 Å². The van der Waals surface area contributed by atoms with Crippen LogP contribution >= 0.6 is 27.5 Å². The molecule has 2 aromatic carbocycles. The summed E-state index contributed by atoms with van der Waals surface area (Å²) in [6.07, 6.45) is 0. The fraction of sp³-hybridized carbons (Fsp3) is 0.0714. The van der Waals surface area contributed by atoms with Gasteiger partial charge in [0.2, 0.25) is 0 Å². The largest absolute Gasteiger partial charge is 0.506 e. The lowest BCUT2D eigenvalue weighted by molar-refractivity contribution is 0.102. The maximum Gasteiger partial charge on any atom is 0.255 e. The van der Waals surface area contributed by atoms with Gasteiger partial charge in [0.05, 0.1) is 5.02 Å². The molecular formula is C14H11BrClNO2. The Labute approximate surface area is 124 Å². The number of hydrogen-bond donors (Lipinski definition) is 2. The first kappa shape index (κ1) is 13.9. The second-order valence-corrected chi connectivity index (χ2v) is 5.35. The molecule has 98 valence electrons. The van der Waals surface area contributed by atoms with E-state index >= 15 is 0 Å². The second kappa shape index (κ2) is 5.63. The molecule has 0 spiro atoms. The van der Waals surface area contributed by atoms with E-state index in [0.29, 0.717) is 11.3 Å². The Morgan fingerprint density at radius 3 is 2.63 bits per heavy atom. The maximum atomic E-state index is 12.0. The predicted octanol–water partition coefficient (Wildman–Crippen LogP) is 4.37. The molecule has 0 aliphatic heterocycles. The highest BCUT2D eigenvalue weighted by molar-refractivity contribution is 9.10. The number of nitrogens with one attached hydrogen (secondary N) is 1. The number of carbonyl (C=O) groups excluding carboxylic acids is 1. The van der Waals surface area contributed by atoms with Gasteiger partial charge in [-0.1, -0.05) is 33.6 Å². The number of carbonyl (C=O) groups is 1. The zero-order valence-corrected chi connectivity index (χ0v) is 12.4. The van der Waals surface area contributed by atoms with Crippen LogP contribution in [0.1, 0.15) is 15.9 Å². The standard InChI is InChI=1S/C14H11BrClNO2/c1-8-2-3-9(6-11(8)15)14(19)17-10-4-5-13(18)12(16)7-10/h2-7,18H,1H3,(H,17,19). The van der Waals surface area contributed by atoms with Crippen LogP contribution in [-0.4, -0.2) is 11.0 Å². The van der Waals surface area contributed by atoms with E-state index < -0.39 is 0 Å². The third-order valence-electron chi connectivity index (χ3n) is 2.64. The van der Waals surface area contributed by atoms with Crippen molar-refractivity contribution in [2.24, 2.45) is 0 Å². The number of anilines is 1. The molecule has 0 bridgehead atoms. The molecule has 0 aromatic heterocycles. The van der Waals surface area contributed by atoms with Gasteiger partial charge in [-0.3, -0.25) is 4.79 Å². The van der Waals surface area contributed by atoms with Crippen molar-refractivity contribution in [2.75, 3.05) is 5.32 Å². The van der Waals surface area contributed by atoms with E-state index in [-0.39, 0.29) is 16.7 Å². The summed E-state index contributed by atoms with van der Waals surface area (Å²) in [5.74, 6) is -0.250. The molecule has 0 atom stereocenters. The van der Waals surface area contributed by atoms with Crippen LogP contribution in [-0.2, 0) is 0 Å². The normalized spacial score (nSPS) is 10.3. The van der Waals surface area contributed by atoms with Crippen molar-refractivity contribution in [3.63, 3.8) is 0 Å². The first-order chi connectivity index (χ1) is 8.97. The first-order valence-corrected chi connectivity index (χ1v) is 6.70. The minimum atomic E-state index is -0.234. The summed E-state index contributed by atoms with van der Waals surface area (Å²) >= 11 is 9.17. The van der Waals surface area contributed by atoms with Gasteiger partial charge in [-0.05, 0) is 42.8 Å². The lowest BCUT2D eigenvalue weighted by atomic mass is 10.1. The van der Waals surface area contributed by atoms with Crippen LogP contribution < -0.4 is 5.32 Å². The zero-order valence-electron chi connectivity index (χ0n) is 10.1. The Morgan fingerprint density at radius 1 is 1.26 bits per heavy atom. The summed E-state index contributed by atoms with van der Waals surface area (Å²) in [7, 11) is 0. The number of aromatic hydroxyl groups is 1.